The molecule has 0 unspecified atom stereocenters. The lowest BCUT2D eigenvalue weighted by Gasteiger charge is -2.07. The predicted molar refractivity (Wildman–Crippen MR) is 79.3 cm³/mol. The lowest BCUT2D eigenvalue weighted by molar-refractivity contribution is -0.116. The van der Waals surface area contributed by atoms with Crippen molar-refractivity contribution in [2.45, 2.75) is 12.8 Å². The summed E-state index contributed by atoms with van der Waals surface area (Å²) in [6, 6.07) is 5.21. The molecule has 2 aromatic heterocycles. The molecule has 0 saturated heterocycles. The molecule has 2 heterocycles. The van der Waals surface area contributed by atoms with Crippen LogP contribution < -0.4 is 5.32 Å². The molecule has 0 spiro atoms. The Bertz CT molecular complexity index is 708. The molecular weight excluding hydrogens is 304 g/mol. The zero-order valence-electron chi connectivity index (χ0n) is 11.6. The molecular formula is C14H12N4O3S. The van der Waals surface area contributed by atoms with Crippen molar-refractivity contribution in [3.8, 4) is 6.07 Å². The number of anilines is 1. The summed E-state index contributed by atoms with van der Waals surface area (Å²) in [5.41, 5.74) is 0.575. The fourth-order valence-electron chi connectivity index (χ4n) is 1.60. The van der Waals surface area contributed by atoms with E-state index in [1.165, 1.54) is 11.6 Å². The molecule has 0 aliphatic carbocycles. The third-order valence-electron chi connectivity index (χ3n) is 2.57. The van der Waals surface area contributed by atoms with E-state index < -0.39 is 17.8 Å². The average molecular weight is 316 g/mol. The van der Waals surface area contributed by atoms with Crippen LogP contribution in [0.2, 0.25) is 0 Å². The first-order valence-electron chi connectivity index (χ1n) is 6.38. The summed E-state index contributed by atoms with van der Waals surface area (Å²) in [6.45, 7) is 1.92. The molecule has 2 aromatic rings. The van der Waals surface area contributed by atoms with Gasteiger partial charge in [-0.3, -0.25) is 9.78 Å². The number of aromatic nitrogens is 2. The summed E-state index contributed by atoms with van der Waals surface area (Å²) in [5.74, 6) is -2.21. The van der Waals surface area contributed by atoms with Crippen LogP contribution in [-0.2, 0) is 9.53 Å². The van der Waals surface area contributed by atoms with Gasteiger partial charge in [-0.2, -0.15) is 5.26 Å². The van der Waals surface area contributed by atoms with E-state index in [1.807, 2.05) is 6.07 Å². The fraction of sp³-hybridized carbons (Fsp3) is 0.214. The number of nitrogens with one attached hydrogen (secondary N) is 1. The zero-order chi connectivity index (χ0) is 15.9. The maximum Gasteiger partial charge on any atom is 0.357 e. The number of esters is 1. The first-order chi connectivity index (χ1) is 10.7. The van der Waals surface area contributed by atoms with Gasteiger partial charge in [-0.1, -0.05) is 0 Å². The van der Waals surface area contributed by atoms with Gasteiger partial charge >= 0.3 is 5.97 Å². The Hall–Kier alpha value is -2.79. The van der Waals surface area contributed by atoms with E-state index in [1.54, 1.807) is 25.3 Å². The maximum atomic E-state index is 12.1. The van der Waals surface area contributed by atoms with E-state index in [2.05, 4.69) is 15.3 Å². The van der Waals surface area contributed by atoms with Gasteiger partial charge in [-0.15, -0.1) is 11.3 Å². The highest BCUT2D eigenvalue weighted by atomic mass is 32.1. The van der Waals surface area contributed by atoms with Gasteiger partial charge in [0.05, 0.1) is 24.6 Å². The van der Waals surface area contributed by atoms with Crippen molar-refractivity contribution in [2.24, 2.45) is 0 Å². The van der Waals surface area contributed by atoms with E-state index in [9.17, 15) is 14.9 Å². The highest BCUT2D eigenvalue weighted by Gasteiger charge is 2.25. The summed E-state index contributed by atoms with van der Waals surface area (Å²) >= 11 is 1.06. The summed E-state index contributed by atoms with van der Waals surface area (Å²) in [5, 5.41) is 13.5. The number of thiazole rings is 1. The van der Waals surface area contributed by atoms with Gasteiger partial charge in [0.2, 0.25) is 5.91 Å². The van der Waals surface area contributed by atoms with E-state index in [0.29, 0.717) is 5.69 Å². The lowest BCUT2D eigenvalue weighted by atomic mass is 10.1. The Morgan fingerprint density at radius 2 is 2.36 bits per heavy atom. The summed E-state index contributed by atoms with van der Waals surface area (Å²) < 4.78 is 4.82. The second kappa shape index (κ2) is 7.28. The molecule has 0 aliphatic rings. The number of pyridine rings is 1. The first kappa shape index (κ1) is 15.6. The molecule has 0 fully saturated rings. The monoisotopic (exact) mass is 316 g/mol. The normalized spacial score (nSPS) is 11.3. The zero-order valence-corrected chi connectivity index (χ0v) is 12.5. The standard InChI is InChI=1S/C14H12N4O3S/c1-2-21-14(20)11-8-22-13(18-11)10(6-15)12(19)17-9-4-3-5-16-7-9/h3-5,7-8,10H,2H2,1H3,(H,17,19)/t10-/m0/s1. The molecule has 1 N–H and O–H groups in total. The smallest absolute Gasteiger partial charge is 0.357 e. The number of ether oxygens (including phenoxy) is 1. The number of hydrogen-bond donors (Lipinski definition) is 1. The van der Waals surface area contributed by atoms with Crippen LogP contribution in [0, 0.1) is 11.3 Å². The topological polar surface area (TPSA) is 105 Å². The lowest BCUT2D eigenvalue weighted by Crippen LogP contribution is -2.20. The Balaban J connectivity index is 2.13. The number of hydrogen-bond acceptors (Lipinski definition) is 7. The van der Waals surface area contributed by atoms with Crippen LogP contribution in [0.1, 0.15) is 28.3 Å². The minimum absolute atomic E-state index is 0.0938. The second-order valence-electron chi connectivity index (χ2n) is 4.08. The predicted octanol–water partition coefficient (Wildman–Crippen LogP) is 1.96. The van der Waals surface area contributed by atoms with Crippen molar-refractivity contribution in [3.05, 3.63) is 40.6 Å². The van der Waals surface area contributed by atoms with Gasteiger partial charge in [-0.05, 0) is 19.1 Å². The number of carbonyl (C=O) groups excluding carboxylic acids is 2. The van der Waals surface area contributed by atoms with E-state index in [4.69, 9.17) is 4.74 Å². The van der Waals surface area contributed by atoms with Crippen LogP contribution >= 0.6 is 11.3 Å². The molecule has 0 saturated carbocycles. The van der Waals surface area contributed by atoms with Crippen molar-refractivity contribution < 1.29 is 14.3 Å². The molecule has 112 valence electrons. The molecule has 8 heteroatoms. The van der Waals surface area contributed by atoms with Gasteiger partial charge in [0.15, 0.2) is 11.6 Å². The fourth-order valence-corrected chi connectivity index (χ4v) is 2.42. The van der Waals surface area contributed by atoms with Crippen LogP contribution in [0.5, 0.6) is 0 Å². The van der Waals surface area contributed by atoms with Gasteiger partial charge in [-0.25, -0.2) is 9.78 Å². The van der Waals surface area contributed by atoms with Crippen molar-refractivity contribution in [1.82, 2.24) is 9.97 Å². The van der Waals surface area contributed by atoms with Crippen LogP contribution in [0.15, 0.2) is 29.9 Å². The summed E-state index contributed by atoms with van der Waals surface area (Å²) in [7, 11) is 0. The maximum absolute atomic E-state index is 12.1. The molecule has 1 amide bonds. The van der Waals surface area contributed by atoms with Crippen molar-refractivity contribution in [3.63, 3.8) is 0 Å². The van der Waals surface area contributed by atoms with Crippen molar-refractivity contribution in [1.29, 1.82) is 5.26 Å². The van der Waals surface area contributed by atoms with Gasteiger partial charge < -0.3 is 10.1 Å². The number of carbonyl (C=O) groups is 2. The van der Waals surface area contributed by atoms with Crippen molar-refractivity contribution >= 4 is 28.9 Å². The number of nitrogens with zero attached hydrogens (tertiary/aromatic N) is 3. The highest BCUT2D eigenvalue weighted by molar-refractivity contribution is 7.10. The number of rotatable bonds is 5. The van der Waals surface area contributed by atoms with E-state index in [-0.39, 0.29) is 17.3 Å². The third-order valence-corrected chi connectivity index (χ3v) is 3.48. The molecule has 2 rings (SSSR count). The summed E-state index contributed by atoms with van der Waals surface area (Å²) in [6.07, 6.45) is 3.04. The Morgan fingerprint density at radius 3 is 3.00 bits per heavy atom. The first-order valence-corrected chi connectivity index (χ1v) is 7.26. The van der Waals surface area contributed by atoms with Crippen LogP contribution in [0.3, 0.4) is 0 Å². The number of nitriles is 1. The number of amides is 1. The Labute approximate surface area is 130 Å². The molecule has 0 aliphatic heterocycles. The minimum atomic E-state index is -1.10. The molecule has 22 heavy (non-hydrogen) atoms. The third kappa shape index (κ3) is 3.65. The van der Waals surface area contributed by atoms with Crippen LogP contribution in [-0.4, -0.2) is 28.5 Å². The average Bonchev–Trinajstić information content (AvgIpc) is 2.99. The Morgan fingerprint density at radius 1 is 1.55 bits per heavy atom. The minimum Gasteiger partial charge on any atom is -0.461 e. The van der Waals surface area contributed by atoms with Crippen LogP contribution in [0.4, 0.5) is 5.69 Å². The SMILES string of the molecule is CCOC(=O)c1csc([C@@H](C#N)C(=O)Nc2cccnc2)n1. The highest BCUT2D eigenvalue weighted by Crippen LogP contribution is 2.22. The van der Waals surface area contributed by atoms with Gasteiger partial charge in [0.1, 0.15) is 5.01 Å². The molecule has 7 nitrogen and oxygen atoms in total. The van der Waals surface area contributed by atoms with Gasteiger partial charge in [0.25, 0.3) is 0 Å². The largest absolute Gasteiger partial charge is 0.461 e. The molecule has 0 radical (unpaired) electrons. The Kier molecular flexibility index (Phi) is 5.16. The van der Waals surface area contributed by atoms with E-state index in [0.717, 1.165) is 11.3 Å². The molecule has 1 atom stereocenters. The summed E-state index contributed by atoms with van der Waals surface area (Å²) in [4.78, 5) is 31.6. The molecule has 0 aromatic carbocycles. The molecule has 0 bridgehead atoms. The second-order valence-corrected chi connectivity index (χ2v) is 4.97. The van der Waals surface area contributed by atoms with Crippen LogP contribution in [0.25, 0.3) is 0 Å². The van der Waals surface area contributed by atoms with Gasteiger partial charge in [0, 0.05) is 11.6 Å². The quantitative estimate of drug-likeness (QED) is 0.845. The van der Waals surface area contributed by atoms with Crippen molar-refractivity contribution in [2.75, 3.05) is 11.9 Å². The van der Waals surface area contributed by atoms with E-state index >= 15 is 0 Å².